The minimum atomic E-state index is -1.36. The molecule has 1 aromatic carbocycles. The van der Waals surface area contributed by atoms with E-state index in [2.05, 4.69) is 0 Å². The molecule has 0 unspecified atom stereocenters. The molecular formula is C10H6Cl2N2O2. The Labute approximate surface area is 102 Å². The Morgan fingerprint density at radius 1 is 1.31 bits per heavy atom. The van der Waals surface area contributed by atoms with Crippen molar-refractivity contribution in [2.24, 2.45) is 5.73 Å². The number of carbonyl (C=O) groups excluding carboxylic acids is 2. The molecule has 0 saturated heterocycles. The van der Waals surface area contributed by atoms with Crippen LogP contribution in [0.3, 0.4) is 0 Å². The first kappa shape index (κ1) is 12.5. The number of amides is 1. The Bertz CT molecular complexity index is 474. The van der Waals surface area contributed by atoms with Gasteiger partial charge in [0.05, 0.1) is 6.07 Å². The van der Waals surface area contributed by atoms with Crippen LogP contribution in [-0.4, -0.2) is 11.7 Å². The number of ketones is 1. The fraction of sp³-hybridized carbons (Fsp3) is 0.100. The first-order valence-corrected chi connectivity index (χ1v) is 4.91. The van der Waals surface area contributed by atoms with Crippen molar-refractivity contribution in [3.05, 3.63) is 33.8 Å². The van der Waals surface area contributed by atoms with E-state index in [-0.39, 0.29) is 15.6 Å². The Hall–Kier alpha value is -1.57. The van der Waals surface area contributed by atoms with E-state index in [1.54, 1.807) is 12.1 Å². The number of primary amides is 1. The molecular weight excluding hydrogens is 251 g/mol. The summed E-state index contributed by atoms with van der Waals surface area (Å²) in [6.45, 7) is 0. The lowest BCUT2D eigenvalue weighted by atomic mass is 9.95. The molecule has 4 nitrogen and oxygen atoms in total. The Morgan fingerprint density at radius 2 is 1.81 bits per heavy atom. The second kappa shape index (κ2) is 4.97. The van der Waals surface area contributed by atoms with Crippen LogP contribution in [0.1, 0.15) is 11.5 Å². The number of Topliss-reactive ketones (excluding diaryl/α,β-unsaturated/α-hetero) is 1. The highest BCUT2D eigenvalue weighted by Gasteiger charge is 2.28. The number of nitrogens with two attached hydrogens (primary N) is 1. The average molecular weight is 257 g/mol. The standard InChI is InChI=1S/C10H6Cl2N2O2/c11-6-2-1-3-7(12)8(6)5(4-13)9(15)10(14)16/h1-3,5H,(H2,14,16)/t5-/m0/s1. The second-order valence-corrected chi connectivity index (χ2v) is 3.74. The summed E-state index contributed by atoms with van der Waals surface area (Å²) in [7, 11) is 0. The lowest BCUT2D eigenvalue weighted by molar-refractivity contribution is -0.136. The SMILES string of the molecule is N#C[C@H](C(=O)C(N)=O)c1c(Cl)cccc1Cl. The number of nitrogens with zero attached hydrogens (tertiary/aromatic N) is 1. The molecule has 0 spiro atoms. The van der Waals surface area contributed by atoms with Crippen molar-refractivity contribution in [2.75, 3.05) is 0 Å². The number of rotatable bonds is 3. The van der Waals surface area contributed by atoms with Crippen LogP contribution in [-0.2, 0) is 9.59 Å². The molecule has 2 N–H and O–H groups in total. The molecule has 0 fully saturated rings. The molecule has 1 aromatic rings. The smallest absolute Gasteiger partial charge is 0.286 e. The molecule has 0 bridgehead atoms. The summed E-state index contributed by atoms with van der Waals surface area (Å²) >= 11 is 11.6. The minimum absolute atomic E-state index is 0.108. The van der Waals surface area contributed by atoms with Gasteiger partial charge in [-0.2, -0.15) is 5.26 Å². The lowest BCUT2D eigenvalue weighted by Gasteiger charge is -2.10. The monoisotopic (exact) mass is 256 g/mol. The molecule has 0 radical (unpaired) electrons. The summed E-state index contributed by atoms with van der Waals surface area (Å²) in [5.41, 5.74) is 4.93. The minimum Gasteiger partial charge on any atom is -0.363 e. The highest BCUT2D eigenvalue weighted by atomic mass is 35.5. The number of hydrogen-bond acceptors (Lipinski definition) is 3. The summed E-state index contributed by atoms with van der Waals surface area (Å²) in [4.78, 5) is 22.1. The molecule has 1 amide bonds. The lowest BCUT2D eigenvalue weighted by Crippen LogP contribution is -2.28. The van der Waals surface area contributed by atoms with Gasteiger partial charge in [0, 0.05) is 15.6 Å². The van der Waals surface area contributed by atoms with Crippen molar-refractivity contribution >= 4 is 34.9 Å². The predicted octanol–water partition coefficient (Wildman–Crippen LogP) is 1.65. The number of hydrogen-bond donors (Lipinski definition) is 1. The first-order chi connectivity index (χ1) is 7.49. The number of nitriles is 1. The first-order valence-electron chi connectivity index (χ1n) is 4.16. The van der Waals surface area contributed by atoms with Crippen molar-refractivity contribution in [2.45, 2.75) is 5.92 Å². The summed E-state index contributed by atoms with van der Waals surface area (Å²) < 4.78 is 0. The Morgan fingerprint density at radius 3 is 2.19 bits per heavy atom. The van der Waals surface area contributed by atoms with Crippen molar-refractivity contribution in [1.29, 1.82) is 5.26 Å². The zero-order chi connectivity index (χ0) is 12.3. The largest absolute Gasteiger partial charge is 0.363 e. The van der Waals surface area contributed by atoms with Crippen molar-refractivity contribution in [3.63, 3.8) is 0 Å². The summed E-state index contributed by atoms with van der Waals surface area (Å²) in [6.07, 6.45) is 0. The number of carbonyl (C=O) groups is 2. The highest BCUT2D eigenvalue weighted by molar-refractivity contribution is 6.41. The predicted molar refractivity (Wildman–Crippen MR) is 59.0 cm³/mol. The van der Waals surface area contributed by atoms with Crippen molar-refractivity contribution in [3.8, 4) is 6.07 Å². The third-order valence-corrected chi connectivity index (χ3v) is 2.58. The van der Waals surface area contributed by atoms with Gasteiger partial charge in [0.25, 0.3) is 5.91 Å². The van der Waals surface area contributed by atoms with E-state index in [0.29, 0.717) is 0 Å². The van der Waals surface area contributed by atoms with Crippen LogP contribution in [0.4, 0.5) is 0 Å². The molecule has 0 aliphatic heterocycles. The molecule has 0 aliphatic rings. The van der Waals surface area contributed by atoms with Gasteiger partial charge in [-0.3, -0.25) is 9.59 Å². The summed E-state index contributed by atoms with van der Waals surface area (Å²) in [6, 6.07) is 6.18. The number of halogens is 2. The zero-order valence-electron chi connectivity index (χ0n) is 7.91. The molecule has 0 saturated carbocycles. The third kappa shape index (κ3) is 2.32. The van der Waals surface area contributed by atoms with E-state index in [9.17, 15) is 9.59 Å². The topological polar surface area (TPSA) is 83.9 Å². The molecule has 1 atom stereocenters. The third-order valence-electron chi connectivity index (χ3n) is 1.92. The fourth-order valence-corrected chi connectivity index (χ4v) is 1.80. The maximum Gasteiger partial charge on any atom is 0.286 e. The van der Waals surface area contributed by atoms with E-state index in [4.69, 9.17) is 34.2 Å². The number of benzene rings is 1. The van der Waals surface area contributed by atoms with Gasteiger partial charge < -0.3 is 5.73 Å². The van der Waals surface area contributed by atoms with E-state index >= 15 is 0 Å². The summed E-state index contributed by atoms with van der Waals surface area (Å²) in [5.74, 6) is -3.58. The normalized spacial score (nSPS) is 11.6. The van der Waals surface area contributed by atoms with Crippen LogP contribution in [0.25, 0.3) is 0 Å². The van der Waals surface area contributed by atoms with Crippen molar-refractivity contribution < 1.29 is 9.59 Å². The van der Waals surface area contributed by atoms with Gasteiger partial charge in [-0.05, 0) is 12.1 Å². The van der Waals surface area contributed by atoms with Gasteiger partial charge in [-0.1, -0.05) is 29.3 Å². The average Bonchev–Trinajstić information content (AvgIpc) is 2.22. The van der Waals surface area contributed by atoms with Crippen LogP contribution in [0.2, 0.25) is 10.0 Å². The molecule has 0 aliphatic carbocycles. The van der Waals surface area contributed by atoms with E-state index in [1.807, 2.05) is 0 Å². The second-order valence-electron chi connectivity index (χ2n) is 2.93. The van der Waals surface area contributed by atoms with Gasteiger partial charge >= 0.3 is 0 Å². The van der Waals surface area contributed by atoms with E-state index < -0.39 is 17.6 Å². The Kier molecular flexibility index (Phi) is 3.88. The highest BCUT2D eigenvalue weighted by Crippen LogP contribution is 2.31. The molecule has 82 valence electrons. The van der Waals surface area contributed by atoms with Crippen LogP contribution in [0, 0.1) is 11.3 Å². The van der Waals surface area contributed by atoms with E-state index in [1.165, 1.54) is 12.1 Å². The molecule has 6 heteroatoms. The van der Waals surface area contributed by atoms with Gasteiger partial charge in [-0.25, -0.2) is 0 Å². The maximum absolute atomic E-state index is 11.4. The maximum atomic E-state index is 11.4. The van der Waals surface area contributed by atoms with Gasteiger partial charge in [-0.15, -0.1) is 0 Å². The van der Waals surface area contributed by atoms with Crippen molar-refractivity contribution in [1.82, 2.24) is 0 Å². The molecule has 0 aromatic heterocycles. The van der Waals surface area contributed by atoms with Crippen LogP contribution >= 0.6 is 23.2 Å². The molecule has 0 heterocycles. The fourth-order valence-electron chi connectivity index (χ4n) is 1.18. The Balaban J connectivity index is 3.31. The van der Waals surface area contributed by atoms with Crippen LogP contribution in [0.5, 0.6) is 0 Å². The molecule has 1 rings (SSSR count). The zero-order valence-corrected chi connectivity index (χ0v) is 9.42. The van der Waals surface area contributed by atoms with E-state index in [0.717, 1.165) is 0 Å². The van der Waals surface area contributed by atoms with Crippen LogP contribution in [0.15, 0.2) is 18.2 Å². The van der Waals surface area contributed by atoms with Gasteiger partial charge in [0.15, 0.2) is 0 Å². The quantitative estimate of drug-likeness (QED) is 0.835. The van der Waals surface area contributed by atoms with Gasteiger partial charge in [0.1, 0.15) is 5.92 Å². The van der Waals surface area contributed by atoms with Gasteiger partial charge in [0.2, 0.25) is 5.78 Å². The van der Waals surface area contributed by atoms with Crippen LogP contribution < -0.4 is 5.73 Å². The summed E-state index contributed by atoms with van der Waals surface area (Å²) in [5, 5.41) is 9.15. The molecule has 16 heavy (non-hydrogen) atoms.